The molecule has 6 heteroatoms. The molecule has 0 fully saturated rings. The molecule has 2 aliphatic rings. The van der Waals surface area contributed by atoms with Gasteiger partial charge in [0.15, 0.2) is 0 Å². The lowest BCUT2D eigenvalue weighted by Gasteiger charge is -2.36. The molecule has 1 aromatic rings. The molecule has 1 heterocycles. The van der Waals surface area contributed by atoms with Crippen LogP contribution in [0.3, 0.4) is 0 Å². The van der Waals surface area contributed by atoms with E-state index in [1.54, 1.807) is 13.0 Å². The fraction of sp³-hybridized carbons (Fsp3) is 0.312. The Morgan fingerprint density at radius 3 is 2.59 bits per heavy atom. The van der Waals surface area contributed by atoms with E-state index in [9.17, 15) is 19.5 Å². The second-order valence-corrected chi connectivity index (χ2v) is 5.58. The summed E-state index contributed by atoms with van der Waals surface area (Å²) >= 11 is 0. The van der Waals surface area contributed by atoms with Gasteiger partial charge in [-0.1, -0.05) is 6.07 Å². The number of rotatable bonds is 1. The Labute approximate surface area is 126 Å². The van der Waals surface area contributed by atoms with E-state index in [0.717, 1.165) is 0 Å². The van der Waals surface area contributed by atoms with Crippen LogP contribution >= 0.6 is 0 Å². The van der Waals surface area contributed by atoms with Crippen molar-refractivity contribution in [1.82, 2.24) is 0 Å². The van der Waals surface area contributed by atoms with Gasteiger partial charge < -0.3 is 14.6 Å². The standard InChI is InChI=1S/C16H14O6/c1-7-12(17)13(18)10-8(15(19)21-3)4-5-9-11(10)14(7)22-6-16(9,2)20/h4-5,20H,6H2,1-3H3. The molecular formula is C16H14O6. The number of esters is 1. The molecule has 0 spiro atoms. The summed E-state index contributed by atoms with van der Waals surface area (Å²) in [6, 6.07) is 2.95. The van der Waals surface area contributed by atoms with E-state index >= 15 is 0 Å². The molecule has 0 saturated carbocycles. The van der Waals surface area contributed by atoms with Crippen LogP contribution < -0.4 is 0 Å². The molecule has 1 aromatic carbocycles. The minimum Gasteiger partial charge on any atom is -0.489 e. The average molecular weight is 302 g/mol. The lowest BCUT2D eigenvalue weighted by Crippen LogP contribution is -2.38. The van der Waals surface area contributed by atoms with E-state index in [1.807, 2.05) is 0 Å². The number of carbonyl (C=O) groups is 3. The largest absolute Gasteiger partial charge is 0.489 e. The monoisotopic (exact) mass is 302 g/mol. The zero-order valence-corrected chi connectivity index (χ0v) is 12.4. The first-order valence-electron chi connectivity index (χ1n) is 6.71. The molecular weight excluding hydrogens is 288 g/mol. The van der Waals surface area contributed by atoms with Crippen molar-refractivity contribution in [2.75, 3.05) is 13.7 Å². The van der Waals surface area contributed by atoms with E-state index < -0.39 is 23.1 Å². The van der Waals surface area contributed by atoms with Crippen LogP contribution in [-0.2, 0) is 19.9 Å². The van der Waals surface area contributed by atoms with Crippen LogP contribution in [0.4, 0.5) is 0 Å². The number of hydrogen-bond acceptors (Lipinski definition) is 6. The van der Waals surface area contributed by atoms with Gasteiger partial charge >= 0.3 is 5.97 Å². The van der Waals surface area contributed by atoms with Crippen LogP contribution in [-0.4, -0.2) is 36.4 Å². The Morgan fingerprint density at radius 1 is 1.27 bits per heavy atom. The van der Waals surface area contributed by atoms with E-state index in [-0.39, 0.29) is 29.1 Å². The first kappa shape index (κ1) is 14.5. The average Bonchev–Trinajstić information content (AvgIpc) is 2.50. The summed E-state index contributed by atoms with van der Waals surface area (Å²) in [7, 11) is 1.19. The summed E-state index contributed by atoms with van der Waals surface area (Å²) in [5, 5.41) is 10.5. The van der Waals surface area contributed by atoms with Gasteiger partial charge in [0.25, 0.3) is 0 Å². The SMILES string of the molecule is COC(=O)c1ccc2c3c1C(=O)C(=O)C(C)=C3OCC2(C)O. The number of hydrogen-bond donors (Lipinski definition) is 1. The van der Waals surface area contributed by atoms with Crippen molar-refractivity contribution in [2.24, 2.45) is 0 Å². The minimum absolute atomic E-state index is 0.00843. The predicted molar refractivity (Wildman–Crippen MR) is 75.2 cm³/mol. The predicted octanol–water partition coefficient (Wildman–Crippen LogP) is 1.21. The highest BCUT2D eigenvalue weighted by Gasteiger charge is 2.43. The lowest BCUT2D eigenvalue weighted by molar-refractivity contribution is -0.112. The van der Waals surface area contributed by atoms with E-state index in [4.69, 9.17) is 4.74 Å². The van der Waals surface area contributed by atoms with Crippen LogP contribution in [0.25, 0.3) is 5.76 Å². The molecule has 0 saturated heterocycles. The first-order chi connectivity index (χ1) is 10.3. The molecule has 3 rings (SSSR count). The Morgan fingerprint density at radius 2 is 1.95 bits per heavy atom. The zero-order chi connectivity index (χ0) is 16.2. The van der Waals surface area contributed by atoms with E-state index in [2.05, 4.69) is 4.74 Å². The fourth-order valence-corrected chi connectivity index (χ4v) is 2.85. The smallest absolute Gasteiger partial charge is 0.338 e. The van der Waals surface area contributed by atoms with Crippen molar-refractivity contribution in [3.05, 3.63) is 40.0 Å². The number of carbonyl (C=O) groups excluding carboxylic acids is 3. The minimum atomic E-state index is -1.32. The molecule has 0 bridgehead atoms. The fourth-order valence-electron chi connectivity index (χ4n) is 2.85. The van der Waals surface area contributed by atoms with E-state index in [1.165, 1.54) is 20.1 Å². The molecule has 1 aliphatic heterocycles. The molecule has 0 amide bonds. The molecule has 1 N–H and O–H groups in total. The highest BCUT2D eigenvalue weighted by atomic mass is 16.5. The van der Waals surface area contributed by atoms with Gasteiger partial charge in [-0.2, -0.15) is 0 Å². The second kappa shape index (κ2) is 4.51. The van der Waals surface area contributed by atoms with Gasteiger partial charge in [-0.3, -0.25) is 9.59 Å². The zero-order valence-electron chi connectivity index (χ0n) is 12.4. The Hall–Kier alpha value is -2.47. The quantitative estimate of drug-likeness (QED) is 0.619. The number of ketones is 2. The van der Waals surface area contributed by atoms with Gasteiger partial charge in [0, 0.05) is 11.1 Å². The molecule has 0 aromatic heterocycles. The van der Waals surface area contributed by atoms with Gasteiger partial charge in [0.05, 0.1) is 18.2 Å². The van der Waals surface area contributed by atoms with Crippen LogP contribution in [0, 0.1) is 0 Å². The van der Waals surface area contributed by atoms with Crippen LogP contribution in [0.5, 0.6) is 0 Å². The summed E-state index contributed by atoms with van der Waals surface area (Å²) in [6.45, 7) is 3.01. The van der Waals surface area contributed by atoms with Gasteiger partial charge in [-0.05, 0) is 25.5 Å². The van der Waals surface area contributed by atoms with Gasteiger partial charge in [-0.25, -0.2) is 4.79 Å². The summed E-state index contributed by atoms with van der Waals surface area (Å²) in [4.78, 5) is 36.4. The van der Waals surface area contributed by atoms with Crippen LogP contribution in [0.15, 0.2) is 17.7 Å². The molecule has 1 aliphatic carbocycles. The molecule has 22 heavy (non-hydrogen) atoms. The van der Waals surface area contributed by atoms with Crippen molar-refractivity contribution in [2.45, 2.75) is 19.4 Å². The van der Waals surface area contributed by atoms with Crippen molar-refractivity contribution in [1.29, 1.82) is 0 Å². The summed E-state index contributed by atoms with van der Waals surface area (Å²) < 4.78 is 10.2. The maximum absolute atomic E-state index is 12.4. The summed E-state index contributed by atoms with van der Waals surface area (Å²) in [5.41, 5.74) is -0.446. The molecule has 6 nitrogen and oxygen atoms in total. The number of aliphatic hydroxyl groups is 1. The number of benzene rings is 1. The third kappa shape index (κ3) is 1.74. The summed E-state index contributed by atoms with van der Waals surface area (Å²) in [6.07, 6.45) is 0. The molecule has 114 valence electrons. The van der Waals surface area contributed by atoms with Crippen LogP contribution in [0.1, 0.15) is 45.7 Å². The first-order valence-corrected chi connectivity index (χ1v) is 6.71. The lowest BCUT2D eigenvalue weighted by atomic mass is 9.78. The third-order valence-electron chi connectivity index (χ3n) is 4.03. The summed E-state index contributed by atoms with van der Waals surface area (Å²) in [5.74, 6) is -1.99. The van der Waals surface area contributed by atoms with E-state index in [0.29, 0.717) is 11.1 Å². The van der Waals surface area contributed by atoms with Crippen molar-refractivity contribution in [3.8, 4) is 0 Å². The van der Waals surface area contributed by atoms with Crippen molar-refractivity contribution in [3.63, 3.8) is 0 Å². The highest BCUT2D eigenvalue weighted by molar-refractivity contribution is 6.53. The van der Waals surface area contributed by atoms with Gasteiger partial charge in [0.1, 0.15) is 18.0 Å². The topological polar surface area (TPSA) is 89.9 Å². The van der Waals surface area contributed by atoms with Gasteiger partial charge in [0.2, 0.25) is 11.6 Å². The Kier molecular flexibility index (Phi) is 2.97. The van der Waals surface area contributed by atoms with Crippen LogP contribution in [0.2, 0.25) is 0 Å². The normalized spacial score (nSPS) is 23.1. The van der Waals surface area contributed by atoms with Crippen molar-refractivity contribution < 1.29 is 29.0 Å². The number of Topliss-reactive ketones (excluding diaryl/α,β-unsaturated/α-hetero) is 2. The third-order valence-corrected chi connectivity index (χ3v) is 4.03. The molecule has 1 atom stereocenters. The Bertz CT molecular complexity index is 769. The maximum Gasteiger partial charge on any atom is 0.338 e. The molecule has 1 unspecified atom stereocenters. The second-order valence-electron chi connectivity index (χ2n) is 5.58. The van der Waals surface area contributed by atoms with Crippen molar-refractivity contribution >= 4 is 23.3 Å². The molecule has 0 radical (unpaired) electrons. The Balaban J connectivity index is 2.44. The van der Waals surface area contributed by atoms with Gasteiger partial charge in [-0.15, -0.1) is 0 Å². The maximum atomic E-state index is 12.4. The number of ether oxygens (including phenoxy) is 2. The number of allylic oxidation sites excluding steroid dienone is 1. The number of methoxy groups -OCH3 is 1. The highest BCUT2D eigenvalue weighted by Crippen LogP contribution is 2.43.